The molecule has 0 aromatic heterocycles. The van der Waals surface area contributed by atoms with Crippen LogP contribution in [0.2, 0.25) is 0 Å². The van der Waals surface area contributed by atoms with E-state index in [1.165, 1.54) is 19.3 Å². The summed E-state index contributed by atoms with van der Waals surface area (Å²) in [6.07, 6.45) is 3.75. The molecular weight excluding hydrogens is 210 g/mol. The fraction of sp³-hybridized carbons (Fsp3) is 0.800. The molecule has 1 N–H and O–H groups in total. The number of hydrogen-bond donors (Lipinski definition) is 1. The van der Waals surface area contributed by atoms with Gasteiger partial charge in [0, 0.05) is 11.1 Å². The van der Waals surface area contributed by atoms with Crippen molar-refractivity contribution in [2.75, 3.05) is 0 Å². The highest BCUT2D eigenvalue weighted by Crippen LogP contribution is 2.75. The van der Waals surface area contributed by atoms with Gasteiger partial charge in [0.15, 0.2) is 5.78 Å². The minimum absolute atomic E-state index is 0.0534. The molecule has 0 radical (unpaired) electrons. The van der Waals surface area contributed by atoms with Gasteiger partial charge in [-0.05, 0) is 37.0 Å². The molecule has 0 amide bonds. The van der Waals surface area contributed by atoms with Gasteiger partial charge in [0.25, 0.3) is 0 Å². The van der Waals surface area contributed by atoms with Gasteiger partial charge >= 0.3 is 0 Å². The van der Waals surface area contributed by atoms with Crippen LogP contribution in [0.25, 0.3) is 0 Å². The first-order chi connectivity index (χ1) is 7.58. The van der Waals surface area contributed by atoms with Crippen molar-refractivity contribution in [1.82, 2.24) is 5.32 Å². The highest BCUT2D eigenvalue weighted by atomic mass is 16.1. The SMILES string of the molecule is C=C(N[C@@H](C(C)=O)C(C)(C)C)C12CC(C)(C1)C2. The lowest BCUT2D eigenvalue weighted by molar-refractivity contribution is -0.167. The van der Waals surface area contributed by atoms with Crippen LogP contribution in [0.4, 0.5) is 0 Å². The van der Waals surface area contributed by atoms with Gasteiger partial charge in [-0.25, -0.2) is 0 Å². The number of nitrogens with one attached hydrogen (secondary N) is 1. The van der Waals surface area contributed by atoms with Crippen LogP contribution in [0.5, 0.6) is 0 Å². The molecule has 0 heterocycles. The average Bonchev–Trinajstić information content (AvgIpc) is 2.04. The van der Waals surface area contributed by atoms with E-state index in [0.717, 1.165) is 5.70 Å². The molecule has 2 nitrogen and oxygen atoms in total. The summed E-state index contributed by atoms with van der Waals surface area (Å²) >= 11 is 0. The smallest absolute Gasteiger partial charge is 0.152 e. The van der Waals surface area contributed by atoms with Crippen LogP contribution in [0.1, 0.15) is 53.9 Å². The zero-order chi connectivity index (χ0) is 13.1. The van der Waals surface area contributed by atoms with Crippen molar-refractivity contribution in [3.63, 3.8) is 0 Å². The topological polar surface area (TPSA) is 29.1 Å². The summed E-state index contributed by atoms with van der Waals surface area (Å²) in [7, 11) is 0. The minimum atomic E-state index is -0.114. The van der Waals surface area contributed by atoms with Gasteiger partial charge in [0.1, 0.15) is 0 Å². The van der Waals surface area contributed by atoms with Gasteiger partial charge in [-0.2, -0.15) is 0 Å². The van der Waals surface area contributed by atoms with Crippen molar-refractivity contribution in [3.05, 3.63) is 12.3 Å². The Balaban J connectivity index is 2.00. The average molecular weight is 235 g/mol. The fourth-order valence-corrected chi connectivity index (χ4v) is 3.87. The van der Waals surface area contributed by atoms with E-state index in [1.54, 1.807) is 6.92 Å². The minimum Gasteiger partial charge on any atom is -0.378 e. The van der Waals surface area contributed by atoms with Gasteiger partial charge in [-0.3, -0.25) is 4.79 Å². The monoisotopic (exact) mass is 235 g/mol. The largest absolute Gasteiger partial charge is 0.378 e. The molecule has 2 bridgehead atoms. The zero-order valence-electron chi connectivity index (χ0n) is 11.8. The van der Waals surface area contributed by atoms with Crippen molar-refractivity contribution in [2.24, 2.45) is 16.2 Å². The Bertz CT molecular complexity index is 355. The summed E-state index contributed by atoms with van der Waals surface area (Å²) < 4.78 is 0. The van der Waals surface area contributed by atoms with Crippen molar-refractivity contribution >= 4 is 5.78 Å². The highest BCUT2D eigenvalue weighted by Gasteiger charge is 2.66. The Hall–Kier alpha value is -0.790. The van der Waals surface area contributed by atoms with Gasteiger partial charge in [-0.15, -0.1) is 0 Å². The molecule has 96 valence electrons. The second-order valence-corrected chi connectivity index (χ2v) is 7.65. The van der Waals surface area contributed by atoms with E-state index in [1.807, 2.05) is 0 Å². The lowest BCUT2D eigenvalue weighted by atomic mass is 9.35. The normalized spacial score (nSPS) is 36.5. The Kier molecular flexibility index (Phi) is 2.51. The first-order valence-corrected chi connectivity index (χ1v) is 6.55. The van der Waals surface area contributed by atoms with E-state index in [0.29, 0.717) is 10.8 Å². The quantitative estimate of drug-likeness (QED) is 0.810. The number of carbonyl (C=O) groups excluding carboxylic acids is 1. The van der Waals surface area contributed by atoms with E-state index >= 15 is 0 Å². The molecule has 2 heteroatoms. The second-order valence-electron chi connectivity index (χ2n) is 7.65. The van der Waals surface area contributed by atoms with Gasteiger partial charge < -0.3 is 5.32 Å². The molecular formula is C15H25NO. The van der Waals surface area contributed by atoms with Crippen molar-refractivity contribution < 1.29 is 4.79 Å². The Morgan fingerprint density at radius 2 is 1.76 bits per heavy atom. The lowest BCUT2D eigenvalue weighted by Crippen LogP contribution is -2.63. The Morgan fingerprint density at radius 3 is 2.06 bits per heavy atom. The molecule has 0 saturated heterocycles. The van der Waals surface area contributed by atoms with Crippen LogP contribution < -0.4 is 5.32 Å². The molecule has 0 spiro atoms. The number of rotatable bonds is 4. The zero-order valence-corrected chi connectivity index (χ0v) is 11.8. The van der Waals surface area contributed by atoms with Crippen LogP contribution in [0, 0.1) is 16.2 Å². The standard InChI is InChI=1S/C15H25NO/c1-10(17)12(13(3,4)5)16-11(2)15-7-14(6,8-15)9-15/h12,16H,2,7-9H2,1,3-6H3/t12-,14?,15?/m0/s1. The first-order valence-electron chi connectivity index (χ1n) is 6.55. The summed E-state index contributed by atoms with van der Waals surface area (Å²) in [6, 6.07) is -0.114. The predicted octanol–water partition coefficient (Wildman–Crippen LogP) is 3.28. The number of allylic oxidation sites excluding steroid dienone is 1. The first kappa shape index (κ1) is 12.7. The van der Waals surface area contributed by atoms with Crippen molar-refractivity contribution in [2.45, 2.75) is 59.9 Å². The molecule has 0 aromatic rings. The second kappa shape index (κ2) is 3.37. The third-order valence-corrected chi connectivity index (χ3v) is 4.53. The van der Waals surface area contributed by atoms with E-state index in [9.17, 15) is 4.79 Å². The van der Waals surface area contributed by atoms with Crippen LogP contribution in [0.3, 0.4) is 0 Å². The maximum Gasteiger partial charge on any atom is 0.152 e. The molecule has 17 heavy (non-hydrogen) atoms. The molecule has 0 aromatic carbocycles. The molecule has 1 atom stereocenters. The molecule has 3 fully saturated rings. The van der Waals surface area contributed by atoms with Crippen molar-refractivity contribution in [3.8, 4) is 0 Å². The van der Waals surface area contributed by atoms with E-state index in [4.69, 9.17) is 0 Å². The molecule has 3 aliphatic rings. The maximum atomic E-state index is 11.7. The van der Waals surface area contributed by atoms with Gasteiger partial charge in [0.05, 0.1) is 6.04 Å². The fourth-order valence-electron chi connectivity index (χ4n) is 3.87. The van der Waals surface area contributed by atoms with Crippen LogP contribution in [-0.4, -0.2) is 11.8 Å². The van der Waals surface area contributed by atoms with E-state index in [-0.39, 0.29) is 17.2 Å². The van der Waals surface area contributed by atoms with E-state index < -0.39 is 0 Å². The Labute approximate surface area is 105 Å². The van der Waals surface area contributed by atoms with Gasteiger partial charge in [0.2, 0.25) is 0 Å². The third-order valence-electron chi connectivity index (χ3n) is 4.53. The molecule has 3 rings (SSSR count). The summed E-state index contributed by atoms with van der Waals surface area (Å²) in [5.74, 6) is 0.205. The van der Waals surface area contributed by atoms with Crippen LogP contribution in [0.15, 0.2) is 12.3 Å². The van der Waals surface area contributed by atoms with Crippen LogP contribution >= 0.6 is 0 Å². The summed E-state index contributed by atoms with van der Waals surface area (Å²) in [4.78, 5) is 11.7. The molecule has 0 unspecified atom stereocenters. The number of ketones is 1. The third kappa shape index (κ3) is 1.92. The molecule has 3 aliphatic carbocycles. The van der Waals surface area contributed by atoms with Gasteiger partial charge in [-0.1, -0.05) is 34.3 Å². The Morgan fingerprint density at radius 1 is 1.29 bits per heavy atom. The lowest BCUT2D eigenvalue weighted by Gasteiger charge is -2.70. The number of Topliss-reactive ketones (excluding diaryl/α,β-unsaturated/α-hetero) is 1. The number of carbonyl (C=O) groups is 1. The maximum absolute atomic E-state index is 11.7. The molecule has 3 saturated carbocycles. The number of hydrogen-bond acceptors (Lipinski definition) is 2. The summed E-state index contributed by atoms with van der Waals surface area (Å²) in [6.45, 7) is 14.5. The summed E-state index contributed by atoms with van der Waals surface area (Å²) in [5, 5.41) is 3.41. The molecule has 0 aliphatic heterocycles. The summed E-state index contributed by atoms with van der Waals surface area (Å²) in [5.41, 5.74) is 1.94. The predicted molar refractivity (Wildman–Crippen MR) is 70.6 cm³/mol. The van der Waals surface area contributed by atoms with Crippen LogP contribution in [-0.2, 0) is 4.79 Å². The van der Waals surface area contributed by atoms with Crippen molar-refractivity contribution in [1.29, 1.82) is 0 Å². The van der Waals surface area contributed by atoms with E-state index in [2.05, 4.69) is 39.6 Å². The highest BCUT2D eigenvalue weighted by molar-refractivity contribution is 5.82.